The number of hydrogen-bond acceptors (Lipinski definition) is 2. The molecule has 0 aliphatic carbocycles. The fourth-order valence-electron chi connectivity index (χ4n) is 1.98. The third-order valence-corrected chi connectivity index (χ3v) is 3.81. The molecule has 0 N–H and O–H groups in total. The van der Waals surface area contributed by atoms with Crippen molar-refractivity contribution in [2.75, 3.05) is 13.1 Å². The van der Waals surface area contributed by atoms with Crippen LogP contribution in [-0.2, 0) is 0 Å². The van der Waals surface area contributed by atoms with Gasteiger partial charge in [-0.2, -0.15) is 0 Å². The van der Waals surface area contributed by atoms with Gasteiger partial charge in [0.2, 0.25) is 0 Å². The van der Waals surface area contributed by atoms with Gasteiger partial charge in [-0.1, -0.05) is 6.92 Å². The third-order valence-electron chi connectivity index (χ3n) is 3.24. The number of carbonyl (C=O) groups is 1. The van der Waals surface area contributed by atoms with Crippen LogP contribution in [-0.4, -0.2) is 29.3 Å². The zero-order valence-corrected chi connectivity index (χ0v) is 10.3. The summed E-state index contributed by atoms with van der Waals surface area (Å²) in [4.78, 5) is 14.0. The van der Waals surface area contributed by atoms with E-state index in [1.54, 1.807) is 19.3 Å². The molecule has 0 saturated carbocycles. The van der Waals surface area contributed by atoms with E-state index in [1.165, 1.54) is 0 Å². The van der Waals surface area contributed by atoms with Gasteiger partial charge < -0.3 is 9.32 Å². The Kier molecular flexibility index (Phi) is 3.24. The van der Waals surface area contributed by atoms with Gasteiger partial charge in [0.25, 0.3) is 5.91 Å². The Morgan fingerprint density at radius 1 is 1.62 bits per heavy atom. The number of nitrogens with zero attached hydrogens (tertiary/aromatic N) is 1. The summed E-state index contributed by atoms with van der Waals surface area (Å²) in [5.74, 6) is 1.19. The zero-order valence-electron chi connectivity index (χ0n) is 9.57. The molecule has 1 aliphatic heterocycles. The maximum absolute atomic E-state index is 12.1. The van der Waals surface area contributed by atoms with Crippen LogP contribution in [0.1, 0.15) is 29.5 Å². The van der Waals surface area contributed by atoms with E-state index >= 15 is 0 Å². The molecule has 2 unspecified atom stereocenters. The highest BCUT2D eigenvalue weighted by molar-refractivity contribution is 6.21. The molecule has 0 spiro atoms. The number of carbonyl (C=O) groups excluding carboxylic acids is 1. The van der Waals surface area contributed by atoms with E-state index in [0.717, 1.165) is 13.0 Å². The van der Waals surface area contributed by atoms with Crippen LogP contribution in [0.15, 0.2) is 16.7 Å². The van der Waals surface area contributed by atoms with Crippen LogP contribution in [0.5, 0.6) is 0 Å². The van der Waals surface area contributed by atoms with Crippen molar-refractivity contribution in [2.45, 2.75) is 25.6 Å². The van der Waals surface area contributed by atoms with Gasteiger partial charge in [0, 0.05) is 13.1 Å². The van der Waals surface area contributed by atoms with Crippen molar-refractivity contribution in [3.8, 4) is 0 Å². The molecule has 0 radical (unpaired) electrons. The highest BCUT2D eigenvalue weighted by Crippen LogP contribution is 2.23. The van der Waals surface area contributed by atoms with Gasteiger partial charge in [0.15, 0.2) is 0 Å². The van der Waals surface area contributed by atoms with Gasteiger partial charge in [0.1, 0.15) is 5.76 Å². The summed E-state index contributed by atoms with van der Waals surface area (Å²) in [6.45, 7) is 5.35. The van der Waals surface area contributed by atoms with Crippen LogP contribution in [0.3, 0.4) is 0 Å². The third kappa shape index (κ3) is 2.09. The number of rotatable bonds is 1. The molecule has 1 saturated heterocycles. The van der Waals surface area contributed by atoms with E-state index in [4.69, 9.17) is 16.0 Å². The van der Waals surface area contributed by atoms with E-state index in [9.17, 15) is 4.79 Å². The SMILES string of the molecule is Cc1occc1C(=O)N1CCC(C)C(Cl)C1. The second kappa shape index (κ2) is 4.50. The van der Waals surface area contributed by atoms with Crippen molar-refractivity contribution in [2.24, 2.45) is 5.92 Å². The van der Waals surface area contributed by atoms with Gasteiger partial charge in [-0.05, 0) is 25.3 Å². The van der Waals surface area contributed by atoms with Crippen molar-refractivity contribution < 1.29 is 9.21 Å². The Labute approximate surface area is 100 Å². The number of furan rings is 1. The lowest BCUT2D eigenvalue weighted by atomic mass is 9.98. The highest BCUT2D eigenvalue weighted by atomic mass is 35.5. The lowest BCUT2D eigenvalue weighted by molar-refractivity contribution is 0.0699. The predicted molar refractivity (Wildman–Crippen MR) is 62.8 cm³/mol. The first-order valence-corrected chi connectivity index (χ1v) is 6.00. The van der Waals surface area contributed by atoms with E-state index in [0.29, 0.717) is 23.8 Å². The van der Waals surface area contributed by atoms with Gasteiger partial charge in [-0.15, -0.1) is 11.6 Å². The fraction of sp³-hybridized carbons (Fsp3) is 0.583. The van der Waals surface area contributed by atoms with Crippen molar-refractivity contribution in [1.82, 2.24) is 4.90 Å². The number of aryl methyl sites for hydroxylation is 1. The second-order valence-electron chi connectivity index (χ2n) is 4.42. The van der Waals surface area contributed by atoms with Crippen molar-refractivity contribution in [3.05, 3.63) is 23.7 Å². The molecule has 1 amide bonds. The van der Waals surface area contributed by atoms with Crippen molar-refractivity contribution >= 4 is 17.5 Å². The number of likely N-dealkylation sites (tertiary alicyclic amines) is 1. The predicted octanol–water partition coefficient (Wildman–Crippen LogP) is 2.68. The van der Waals surface area contributed by atoms with Crippen LogP contribution in [0, 0.1) is 12.8 Å². The fourth-order valence-corrected chi connectivity index (χ4v) is 2.28. The topological polar surface area (TPSA) is 33.5 Å². The molecule has 3 nitrogen and oxygen atoms in total. The van der Waals surface area contributed by atoms with Gasteiger partial charge in [-0.25, -0.2) is 0 Å². The summed E-state index contributed by atoms with van der Waals surface area (Å²) >= 11 is 6.19. The molecular formula is C12H16ClNO2. The average Bonchev–Trinajstić information content (AvgIpc) is 2.67. The molecule has 0 bridgehead atoms. The molecule has 88 valence electrons. The molecule has 4 heteroatoms. The Hall–Kier alpha value is -0.960. The van der Waals surface area contributed by atoms with Gasteiger partial charge in [0.05, 0.1) is 17.2 Å². The molecule has 1 aromatic heterocycles. The molecule has 2 heterocycles. The smallest absolute Gasteiger partial charge is 0.257 e. The Morgan fingerprint density at radius 3 is 2.94 bits per heavy atom. The number of amides is 1. The average molecular weight is 242 g/mol. The lowest BCUT2D eigenvalue weighted by Gasteiger charge is -2.33. The summed E-state index contributed by atoms with van der Waals surface area (Å²) < 4.78 is 5.14. The summed E-state index contributed by atoms with van der Waals surface area (Å²) in [5.41, 5.74) is 0.651. The quantitative estimate of drug-likeness (QED) is 0.709. The molecule has 1 aliphatic rings. The molecule has 2 rings (SSSR count). The maximum atomic E-state index is 12.1. The van der Waals surface area contributed by atoms with Crippen LogP contribution >= 0.6 is 11.6 Å². The minimum atomic E-state index is 0.0313. The molecule has 1 aromatic rings. The lowest BCUT2D eigenvalue weighted by Crippen LogP contribution is -2.43. The summed E-state index contributed by atoms with van der Waals surface area (Å²) in [6.07, 6.45) is 2.52. The van der Waals surface area contributed by atoms with E-state index in [2.05, 4.69) is 6.92 Å². The molecule has 0 aromatic carbocycles. The van der Waals surface area contributed by atoms with Crippen LogP contribution in [0.25, 0.3) is 0 Å². The monoisotopic (exact) mass is 241 g/mol. The molecule has 1 fully saturated rings. The van der Waals surface area contributed by atoms with E-state index in [1.807, 2.05) is 4.90 Å². The number of hydrogen-bond donors (Lipinski definition) is 0. The van der Waals surface area contributed by atoms with Crippen LogP contribution in [0.2, 0.25) is 0 Å². The van der Waals surface area contributed by atoms with Crippen molar-refractivity contribution in [3.63, 3.8) is 0 Å². The molecular weight excluding hydrogens is 226 g/mol. The largest absolute Gasteiger partial charge is 0.469 e. The summed E-state index contributed by atoms with van der Waals surface area (Å²) in [7, 11) is 0. The summed E-state index contributed by atoms with van der Waals surface area (Å²) in [5, 5.41) is 0.0601. The summed E-state index contributed by atoms with van der Waals surface area (Å²) in [6, 6.07) is 1.72. The van der Waals surface area contributed by atoms with E-state index in [-0.39, 0.29) is 11.3 Å². The zero-order chi connectivity index (χ0) is 11.7. The van der Waals surface area contributed by atoms with E-state index < -0.39 is 0 Å². The Bertz CT molecular complexity index is 388. The highest BCUT2D eigenvalue weighted by Gasteiger charge is 2.28. The minimum absolute atomic E-state index is 0.0313. The van der Waals surface area contributed by atoms with Crippen molar-refractivity contribution in [1.29, 1.82) is 0 Å². The first-order chi connectivity index (χ1) is 7.59. The first-order valence-electron chi connectivity index (χ1n) is 5.57. The number of piperidine rings is 1. The minimum Gasteiger partial charge on any atom is -0.469 e. The number of alkyl halides is 1. The first kappa shape index (κ1) is 11.5. The second-order valence-corrected chi connectivity index (χ2v) is 4.98. The van der Waals surface area contributed by atoms with Gasteiger partial charge in [-0.3, -0.25) is 4.79 Å². The van der Waals surface area contributed by atoms with Gasteiger partial charge >= 0.3 is 0 Å². The standard InChI is InChI=1S/C12H16ClNO2/c1-8-3-5-14(7-11(8)13)12(15)10-4-6-16-9(10)2/h4,6,8,11H,3,5,7H2,1-2H3. The molecule has 2 atom stereocenters. The number of halogens is 1. The maximum Gasteiger partial charge on any atom is 0.257 e. The van der Waals surface area contributed by atoms with Crippen LogP contribution < -0.4 is 0 Å². The normalized spacial score (nSPS) is 25.8. The van der Waals surface area contributed by atoms with Crippen LogP contribution in [0.4, 0.5) is 0 Å². The Balaban J connectivity index is 2.09. The Morgan fingerprint density at radius 2 is 2.38 bits per heavy atom. The molecule has 16 heavy (non-hydrogen) atoms.